The maximum atomic E-state index is 6.08. The van der Waals surface area contributed by atoms with Crippen LogP contribution in [0.3, 0.4) is 0 Å². The van der Waals surface area contributed by atoms with Gasteiger partial charge in [0.1, 0.15) is 5.82 Å². The summed E-state index contributed by atoms with van der Waals surface area (Å²) in [6, 6.07) is 7.84. The van der Waals surface area contributed by atoms with Gasteiger partial charge in [-0.3, -0.25) is 0 Å². The van der Waals surface area contributed by atoms with Crippen molar-refractivity contribution in [3.63, 3.8) is 0 Å². The Morgan fingerprint density at radius 3 is 2.59 bits per heavy atom. The lowest BCUT2D eigenvalue weighted by Crippen LogP contribution is -2.30. The molecule has 1 fully saturated rings. The molecule has 0 atom stereocenters. The van der Waals surface area contributed by atoms with Crippen LogP contribution in [0.4, 0.5) is 17.5 Å². The van der Waals surface area contributed by atoms with E-state index in [9.17, 15) is 0 Å². The largest absolute Gasteiger partial charge is 0.356 e. The van der Waals surface area contributed by atoms with E-state index in [0.717, 1.165) is 35.9 Å². The Balaban J connectivity index is 1.87. The summed E-state index contributed by atoms with van der Waals surface area (Å²) in [5, 5.41) is 4.01. The molecule has 1 aromatic heterocycles. The summed E-state index contributed by atoms with van der Waals surface area (Å²) in [5.41, 5.74) is 3.04. The van der Waals surface area contributed by atoms with E-state index in [1.807, 2.05) is 32.0 Å². The van der Waals surface area contributed by atoms with Gasteiger partial charge in [0.2, 0.25) is 5.95 Å². The summed E-state index contributed by atoms with van der Waals surface area (Å²) in [4.78, 5) is 11.5. The Hall–Kier alpha value is -1.81. The van der Waals surface area contributed by atoms with Gasteiger partial charge in [0.15, 0.2) is 0 Å². The molecule has 1 aliphatic heterocycles. The zero-order valence-corrected chi connectivity index (χ0v) is 13.8. The molecule has 116 valence electrons. The number of benzene rings is 1. The first-order valence-corrected chi connectivity index (χ1v) is 8.13. The molecule has 1 N–H and O–H groups in total. The van der Waals surface area contributed by atoms with E-state index < -0.39 is 0 Å². The van der Waals surface area contributed by atoms with Gasteiger partial charge in [-0.2, -0.15) is 4.98 Å². The molecule has 0 spiro atoms. The fraction of sp³-hybridized carbons (Fsp3) is 0.412. The number of nitrogens with one attached hydrogen (secondary N) is 1. The summed E-state index contributed by atoms with van der Waals surface area (Å²) in [7, 11) is 0. The van der Waals surface area contributed by atoms with Crippen molar-refractivity contribution in [2.45, 2.75) is 33.1 Å². The molecular weight excluding hydrogens is 296 g/mol. The minimum Gasteiger partial charge on any atom is -0.356 e. The van der Waals surface area contributed by atoms with Crippen molar-refractivity contribution in [2.75, 3.05) is 23.3 Å². The van der Waals surface area contributed by atoms with Crippen molar-refractivity contribution in [2.24, 2.45) is 0 Å². The van der Waals surface area contributed by atoms with E-state index >= 15 is 0 Å². The number of hydrogen-bond acceptors (Lipinski definition) is 4. The van der Waals surface area contributed by atoms with Crippen LogP contribution in [0.5, 0.6) is 0 Å². The Kier molecular flexibility index (Phi) is 4.48. The second kappa shape index (κ2) is 6.53. The third kappa shape index (κ3) is 3.50. The van der Waals surface area contributed by atoms with Crippen LogP contribution >= 0.6 is 11.6 Å². The molecular formula is C17H21ClN4. The van der Waals surface area contributed by atoms with Crippen LogP contribution in [0.2, 0.25) is 5.02 Å². The first kappa shape index (κ1) is 15.1. The Morgan fingerprint density at radius 1 is 1.05 bits per heavy atom. The number of rotatable bonds is 3. The maximum absolute atomic E-state index is 6.08. The molecule has 22 heavy (non-hydrogen) atoms. The smallest absolute Gasteiger partial charge is 0.229 e. The number of aromatic nitrogens is 2. The predicted octanol–water partition coefficient (Wildman–Crippen LogP) is 4.48. The Morgan fingerprint density at radius 2 is 1.82 bits per heavy atom. The highest BCUT2D eigenvalue weighted by Crippen LogP contribution is 2.25. The summed E-state index contributed by atoms with van der Waals surface area (Å²) >= 11 is 6.08. The average molecular weight is 317 g/mol. The second-order valence-electron chi connectivity index (χ2n) is 5.82. The molecule has 1 aromatic carbocycles. The van der Waals surface area contributed by atoms with Crippen LogP contribution in [-0.4, -0.2) is 23.1 Å². The Labute approximate surface area is 136 Å². The van der Waals surface area contributed by atoms with E-state index in [-0.39, 0.29) is 0 Å². The van der Waals surface area contributed by atoms with Gasteiger partial charge in [-0.05, 0) is 50.8 Å². The Bertz CT molecular complexity index is 666. The van der Waals surface area contributed by atoms with Crippen LogP contribution in [0, 0.1) is 13.8 Å². The lowest BCUT2D eigenvalue weighted by Gasteiger charge is -2.28. The van der Waals surface area contributed by atoms with E-state index in [2.05, 4.69) is 26.3 Å². The van der Waals surface area contributed by atoms with Gasteiger partial charge in [-0.25, -0.2) is 4.98 Å². The molecule has 0 radical (unpaired) electrons. The lowest BCUT2D eigenvalue weighted by molar-refractivity contribution is 0.573. The number of nitrogens with zero attached hydrogens (tertiary/aromatic N) is 3. The fourth-order valence-corrected chi connectivity index (χ4v) is 2.91. The molecule has 0 aliphatic carbocycles. The molecule has 3 rings (SSSR count). The molecule has 0 unspecified atom stereocenters. The molecule has 0 amide bonds. The summed E-state index contributed by atoms with van der Waals surface area (Å²) in [5.74, 6) is 1.64. The molecule has 2 heterocycles. The number of piperidine rings is 1. The van der Waals surface area contributed by atoms with Gasteiger partial charge < -0.3 is 10.2 Å². The van der Waals surface area contributed by atoms with Crippen molar-refractivity contribution >= 4 is 29.1 Å². The van der Waals surface area contributed by atoms with Gasteiger partial charge >= 0.3 is 0 Å². The van der Waals surface area contributed by atoms with Crippen LogP contribution in [-0.2, 0) is 0 Å². The van der Waals surface area contributed by atoms with E-state index in [4.69, 9.17) is 11.6 Å². The minimum absolute atomic E-state index is 0.631. The summed E-state index contributed by atoms with van der Waals surface area (Å²) < 4.78 is 0. The zero-order valence-electron chi connectivity index (χ0n) is 13.1. The number of hydrogen-bond donors (Lipinski definition) is 1. The minimum atomic E-state index is 0.631. The highest BCUT2D eigenvalue weighted by atomic mass is 35.5. The fourth-order valence-electron chi connectivity index (χ4n) is 2.74. The van der Waals surface area contributed by atoms with Crippen LogP contribution < -0.4 is 10.2 Å². The summed E-state index contributed by atoms with van der Waals surface area (Å²) in [6.07, 6.45) is 3.78. The van der Waals surface area contributed by atoms with Crippen LogP contribution in [0.25, 0.3) is 0 Å². The molecule has 1 aliphatic rings. The molecule has 5 heteroatoms. The average Bonchev–Trinajstić information content (AvgIpc) is 2.51. The van der Waals surface area contributed by atoms with Gasteiger partial charge in [-0.1, -0.05) is 17.7 Å². The molecule has 1 saturated heterocycles. The van der Waals surface area contributed by atoms with Crippen LogP contribution in [0.15, 0.2) is 24.3 Å². The van der Waals surface area contributed by atoms with E-state index in [0.29, 0.717) is 11.0 Å². The lowest BCUT2D eigenvalue weighted by atomic mass is 10.1. The number of anilines is 3. The van der Waals surface area contributed by atoms with E-state index in [1.165, 1.54) is 19.3 Å². The van der Waals surface area contributed by atoms with Gasteiger partial charge in [0.05, 0.1) is 0 Å². The number of halogens is 1. The van der Waals surface area contributed by atoms with Crippen molar-refractivity contribution in [3.05, 3.63) is 40.5 Å². The third-order valence-electron chi connectivity index (χ3n) is 3.97. The quantitative estimate of drug-likeness (QED) is 0.906. The van der Waals surface area contributed by atoms with Crippen molar-refractivity contribution in [3.8, 4) is 0 Å². The third-order valence-corrected chi connectivity index (χ3v) is 4.20. The molecule has 0 bridgehead atoms. The SMILES string of the molecule is Cc1cc(N2CCCCC2)nc(Nc2cc(Cl)ccc2C)n1. The van der Waals surface area contributed by atoms with Crippen molar-refractivity contribution < 1.29 is 0 Å². The second-order valence-corrected chi connectivity index (χ2v) is 6.26. The molecule has 4 nitrogen and oxygen atoms in total. The van der Waals surface area contributed by atoms with Gasteiger partial charge in [0, 0.05) is 35.6 Å². The maximum Gasteiger partial charge on any atom is 0.229 e. The van der Waals surface area contributed by atoms with Gasteiger partial charge in [-0.15, -0.1) is 0 Å². The predicted molar refractivity (Wildman–Crippen MR) is 92.3 cm³/mol. The first-order chi connectivity index (χ1) is 10.6. The highest BCUT2D eigenvalue weighted by Gasteiger charge is 2.14. The standard InChI is InChI=1S/C17H21ClN4/c1-12-6-7-14(18)11-15(12)20-17-19-13(2)10-16(21-17)22-8-4-3-5-9-22/h6-7,10-11H,3-5,8-9H2,1-2H3,(H,19,20,21). The summed E-state index contributed by atoms with van der Waals surface area (Å²) in [6.45, 7) is 6.20. The topological polar surface area (TPSA) is 41.1 Å². The first-order valence-electron chi connectivity index (χ1n) is 7.75. The molecule has 0 saturated carbocycles. The van der Waals surface area contributed by atoms with Crippen molar-refractivity contribution in [1.29, 1.82) is 0 Å². The monoisotopic (exact) mass is 316 g/mol. The van der Waals surface area contributed by atoms with Crippen LogP contribution in [0.1, 0.15) is 30.5 Å². The number of aryl methyl sites for hydroxylation is 2. The van der Waals surface area contributed by atoms with E-state index in [1.54, 1.807) is 0 Å². The highest BCUT2D eigenvalue weighted by molar-refractivity contribution is 6.30. The zero-order chi connectivity index (χ0) is 15.5. The normalized spacial score (nSPS) is 15.0. The van der Waals surface area contributed by atoms with Crippen molar-refractivity contribution in [1.82, 2.24) is 9.97 Å². The van der Waals surface area contributed by atoms with Gasteiger partial charge in [0.25, 0.3) is 0 Å². The molecule has 2 aromatic rings.